The molecule has 28 heavy (non-hydrogen) atoms. The van der Waals surface area contributed by atoms with E-state index in [1.165, 1.54) is 0 Å². The van der Waals surface area contributed by atoms with Crippen LogP contribution in [-0.2, 0) is 11.3 Å². The maximum atomic E-state index is 13.3. The van der Waals surface area contributed by atoms with Crippen LogP contribution in [-0.4, -0.2) is 17.8 Å². The highest BCUT2D eigenvalue weighted by Crippen LogP contribution is 2.35. The molecule has 0 saturated heterocycles. The van der Waals surface area contributed by atoms with Gasteiger partial charge in [-0.2, -0.15) is 13.2 Å². The molecule has 146 valence electrons. The highest BCUT2D eigenvalue weighted by Gasteiger charge is 2.40. The van der Waals surface area contributed by atoms with Gasteiger partial charge in [0, 0.05) is 6.07 Å². The van der Waals surface area contributed by atoms with E-state index in [1.807, 2.05) is 18.2 Å². The molecule has 0 fully saturated rings. The monoisotopic (exact) mass is 391 g/mol. The van der Waals surface area contributed by atoms with Crippen molar-refractivity contribution in [3.63, 3.8) is 0 Å². The number of hydrogen-bond acceptors (Lipinski definition) is 3. The van der Waals surface area contributed by atoms with E-state index < -0.39 is 24.5 Å². The lowest BCUT2D eigenvalue weighted by atomic mass is 9.99. The summed E-state index contributed by atoms with van der Waals surface area (Å²) in [6, 6.07) is 18.2. The number of alkyl halides is 3. The van der Waals surface area contributed by atoms with Crippen molar-refractivity contribution in [2.24, 2.45) is 0 Å². The second-order valence-corrected chi connectivity index (χ2v) is 6.04. The van der Waals surface area contributed by atoms with Crippen molar-refractivity contribution >= 4 is 0 Å². The summed E-state index contributed by atoms with van der Waals surface area (Å²) >= 11 is 0. The highest BCUT2D eigenvalue weighted by molar-refractivity contribution is 5.27. The Hall–Kier alpha value is -2.93. The minimum Gasteiger partial charge on any atom is -0.439 e. The van der Waals surface area contributed by atoms with Crippen LogP contribution in [0, 0.1) is 5.82 Å². The lowest BCUT2D eigenvalue weighted by Crippen LogP contribution is -2.25. The smallest absolute Gasteiger partial charge is 0.397 e. The summed E-state index contributed by atoms with van der Waals surface area (Å²) in [5.41, 5.74) is 0.386. The summed E-state index contributed by atoms with van der Waals surface area (Å²) in [7, 11) is 0. The number of pyridine rings is 1. The van der Waals surface area contributed by atoms with Crippen molar-refractivity contribution in [2.45, 2.75) is 18.7 Å². The molecule has 0 spiro atoms. The molecule has 0 N–H and O–H groups in total. The van der Waals surface area contributed by atoms with Crippen LogP contribution < -0.4 is 4.74 Å². The lowest BCUT2D eigenvalue weighted by Gasteiger charge is -2.20. The fourth-order valence-corrected chi connectivity index (χ4v) is 2.56. The standard InChI is InChI=1S/C21H17F4NO2/c22-16-11-9-15(10-12-16)19(21(23,24)25)14-27-13-17-5-4-8-20(26-17)28-18-6-2-1-3-7-18/h1-12,19H,13-14H2. The first kappa shape index (κ1) is 19.8. The third-order valence-electron chi connectivity index (χ3n) is 3.95. The molecule has 0 aliphatic rings. The largest absolute Gasteiger partial charge is 0.439 e. The molecule has 3 rings (SSSR count). The Morgan fingerprint density at radius 3 is 2.25 bits per heavy atom. The molecule has 1 aromatic heterocycles. The number of rotatable bonds is 7. The molecule has 0 aliphatic carbocycles. The third kappa shape index (κ3) is 5.53. The second-order valence-electron chi connectivity index (χ2n) is 6.04. The molecule has 1 heterocycles. The predicted molar refractivity (Wildman–Crippen MR) is 95.6 cm³/mol. The van der Waals surface area contributed by atoms with Crippen LogP contribution in [0.3, 0.4) is 0 Å². The van der Waals surface area contributed by atoms with Gasteiger partial charge in [0.15, 0.2) is 0 Å². The van der Waals surface area contributed by atoms with E-state index in [2.05, 4.69) is 4.98 Å². The molecule has 3 nitrogen and oxygen atoms in total. The summed E-state index contributed by atoms with van der Waals surface area (Å²) in [4.78, 5) is 4.23. The number of aromatic nitrogens is 1. The topological polar surface area (TPSA) is 31.4 Å². The summed E-state index contributed by atoms with van der Waals surface area (Å²) in [5.74, 6) is -1.53. The van der Waals surface area contributed by atoms with Crippen molar-refractivity contribution in [1.82, 2.24) is 4.98 Å². The lowest BCUT2D eigenvalue weighted by molar-refractivity contribution is -0.163. The van der Waals surface area contributed by atoms with Gasteiger partial charge >= 0.3 is 6.18 Å². The Balaban J connectivity index is 1.62. The average molecular weight is 391 g/mol. The van der Waals surface area contributed by atoms with Gasteiger partial charge in [0.25, 0.3) is 0 Å². The number of halogens is 4. The van der Waals surface area contributed by atoms with Gasteiger partial charge in [0.2, 0.25) is 5.88 Å². The first-order chi connectivity index (χ1) is 13.4. The maximum absolute atomic E-state index is 13.3. The van der Waals surface area contributed by atoms with E-state index >= 15 is 0 Å². The molecule has 0 amide bonds. The van der Waals surface area contributed by atoms with E-state index in [-0.39, 0.29) is 12.2 Å². The number of benzene rings is 2. The van der Waals surface area contributed by atoms with E-state index in [4.69, 9.17) is 9.47 Å². The van der Waals surface area contributed by atoms with Crippen LogP contribution >= 0.6 is 0 Å². The Labute approximate surface area is 159 Å². The first-order valence-corrected chi connectivity index (χ1v) is 8.50. The van der Waals surface area contributed by atoms with E-state index in [9.17, 15) is 17.6 Å². The SMILES string of the molecule is Fc1ccc(C(COCc2cccc(Oc3ccccc3)n2)C(F)(F)F)cc1. The van der Waals surface area contributed by atoms with Crippen molar-refractivity contribution < 1.29 is 27.0 Å². The Morgan fingerprint density at radius 2 is 1.57 bits per heavy atom. The molecule has 0 aliphatic heterocycles. The number of hydrogen-bond donors (Lipinski definition) is 0. The minimum atomic E-state index is -4.51. The van der Waals surface area contributed by atoms with Crippen LogP contribution in [0.4, 0.5) is 17.6 Å². The van der Waals surface area contributed by atoms with Gasteiger partial charge < -0.3 is 9.47 Å². The molecule has 1 atom stereocenters. The zero-order chi connectivity index (χ0) is 20.0. The van der Waals surface area contributed by atoms with Gasteiger partial charge in [0.05, 0.1) is 18.9 Å². The molecule has 1 unspecified atom stereocenters. The molecule has 7 heteroatoms. The minimum absolute atomic E-state index is 0.0528. The van der Waals surface area contributed by atoms with Gasteiger partial charge in [-0.15, -0.1) is 0 Å². The summed E-state index contributed by atoms with van der Waals surface area (Å²) in [6.45, 7) is -0.708. The Bertz CT molecular complexity index is 883. The van der Waals surface area contributed by atoms with Crippen LogP contribution in [0.25, 0.3) is 0 Å². The van der Waals surface area contributed by atoms with Gasteiger partial charge in [-0.1, -0.05) is 36.4 Å². The number of para-hydroxylation sites is 1. The van der Waals surface area contributed by atoms with Crippen molar-refractivity contribution in [3.8, 4) is 11.6 Å². The molecule has 0 radical (unpaired) electrons. The van der Waals surface area contributed by atoms with Crippen LogP contribution in [0.2, 0.25) is 0 Å². The predicted octanol–water partition coefficient (Wildman–Crippen LogP) is 5.88. The van der Waals surface area contributed by atoms with Crippen LogP contribution in [0.5, 0.6) is 11.6 Å². The normalized spacial score (nSPS) is 12.6. The summed E-state index contributed by atoms with van der Waals surface area (Å²) in [6.07, 6.45) is -4.51. The Morgan fingerprint density at radius 1 is 0.857 bits per heavy atom. The van der Waals surface area contributed by atoms with E-state index in [1.54, 1.807) is 30.3 Å². The van der Waals surface area contributed by atoms with Crippen molar-refractivity contribution in [2.75, 3.05) is 6.61 Å². The van der Waals surface area contributed by atoms with E-state index in [0.717, 1.165) is 24.3 Å². The zero-order valence-electron chi connectivity index (χ0n) is 14.7. The number of ether oxygens (including phenoxy) is 2. The molecule has 3 aromatic rings. The third-order valence-corrected chi connectivity index (χ3v) is 3.95. The Kier molecular flexibility index (Phi) is 6.26. The van der Waals surface area contributed by atoms with Crippen molar-refractivity contribution in [3.05, 3.63) is 89.9 Å². The van der Waals surface area contributed by atoms with Gasteiger partial charge in [-0.05, 0) is 35.9 Å². The fraction of sp³-hybridized carbons (Fsp3) is 0.190. The quantitative estimate of drug-likeness (QED) is 0.472. The summed E-state index contributed by atoms with van der Waals surface area (Å²) < 4.78 is 63.8. The first-order valence-electron chi connectivity index (χ1n) is 8.50. The van der Waals surface area contributed by atoms with Crippen LogP contribution in [0.15, 0.2) is 72.8 Å². The van der Waals surface area contributed by atoms with Crippen molar-refractivity contribution in [1.29, 1.82) is 0 Å². The van der Waals surface area contributed by atoms with Gasteiger partial charge in [-0.25, -0.2) is 9.37 Å². The zero-order valence-corrected chi connectivity index (χ0v) is 14.7. The van der Waals surface area contributed by atoms with Crippen LogP contribution in [0.1, 0.15) is 17.2 Å². The number of nitrogens with zero attached hydrogens (tertiary/aromatic N) is 1. The molecular weight excluding hydrogens is 374 g/mol. The van der Waals surface area contributed by atoms with Gasteiger partial charge in [0.1, 0.15) is 17.5 Å². The van der Waals surface area contributed by atoms with Gasteiger partial charge in [-0.3, -0.25) is 0 Å². The summed E-state index contributed by atoms with van der Waals surface area (Å²) in [5, 5.41) is 0. The maximum Gasteiger partial charge on any atom is 0.397 e. The molecule has 2 aromatic carbocycles. The average Bonchev–Trinajstić information content (AvgIpc) is 2.66. The highest BCUT2D eigenvalue weighted by atomic mass is 19.4. The fourth-order valence-electron chi connectivity index (χ4n) is 2.56. The second kappa shape index (κ2) is 8.84. The van der Waals surface area contributed by atoms with E-state index in [0.29, 0.717) is 17.3 Å². The molecule has 0 saturated carbocycles. The molecular formula is C21H17F4NO2. The molecule has 0 bridgehead atoms.